The fourth-order valence-electron chi connectivity index (χ4n) is 3.66. The van der Waals surface area contributed by atoms with Crippen molar-refractivity contribution in [3.05, 3.63) is 53.4 Å². The number of alkyl halides is 2. The highest BCUT2D eigenvalue weighted by atomic mass is 32.2. The topological polar surface area (TPSA) is 102 Å². The van der Waals surface area contributed by atoms with E-state index in [0.717, 1.165) is 12.4 Å². The number of thioether (sulfide) groups is 1. The summed E-state index contributed by atoms with van der Waals surface area (Å²) < 4.78 is 45.6. The average molecular weight is 437 g/mol. The Labute approximate surface area is 174 Å². The van der Waals surface area contributed by atoms with E-state index in [1.807, 2.05) is 0 Å². The lowest BCUT2D eigenvalue weighted by molar-refractivity contribution is 0.00886. The number of amidine groups is 1. The number of halogens is 3. The van der Waals surface area contributed by atoms with Gasteiger partial charge in [0.2, 0.25) is 0 Å². The van der Waals surface area contributed by atoms with Gasteiger partial charge in [0.15, 0.2) is 5.17 Å². The monoisotopic (exact) mass is 437 g/mol. The van der Waals surface area contributed by atoms with E-state index < -0.39 is 29.4 Å². The maximum atomic E-state index is 14.9. The molecule has 0 aliphatic carbocycles. The van der Waals surface area contributed by atoms with Gasteiger partial charge < -0.3 is 15.8 Å². The molecule has 1 saturated heterocycles. The van der Waals surface area contributed by atoms with Crippen LogP contribution >= 0.6 is 11.8 Å². The number of rotatable bonds is 4. The zero-order valence-corrected chi connectivity index (χ0v) is 16.5. The van der Waals surface area contributed by atoms with Gasteiger partial charge in [-0.05, 0) is 18.2 Å². The summed E-state index contributed by atoms with van der Waals surface area (Å²) >= 11 is 1.41. The number of aromatic nitrogens is 2. The standard InChI is InChI=1S/C19H18F3N5O2S/c20-13-2-1-11(26-17(28)15-7-24-14(6-25-15)16(21)22)5-12(13)19-3-4-29-8-10(19)9-30-18(23)27-19/h1-2,5-7,10,16H,3-4,8-9H2,(H2,23,27)(H,26,28)/t10-,19+/m0/s1. The quantitative estimate of drug-likeness (QED) is 0.762. The molecule has 30 heavy (non-hydrogen) atoms. The fourth-order valence-corrected chi connectivity index (χ4v) is 4.63. The molecular formula is C19H18F3N5O2S. The number of anilines is 1. The first-order chi connectivity index (χ1) is 14.4. The largest absolute Gasteiger partial charge is 0.381 e. The Kier molecular flexibility index (Phi) is 5.65. The Morgan fingerprint density at radius 1 is 1.33 bits per heavy atom. The van der Waals surface area contributed by atoms with Crippen LogP contribution in [0.1, 0.15) is 34.6 Å². The van der Waals surface area contributed by atoms with E-state index in [9.17, 15) is 18.0 Å². The molecule has 2 aliphatic heterocycles. The summed E-state index contributed by atoms with van der Waals surface area (Å²) in [4.78, 5) is 24.3. The first kappa shape index (κ1) is 20.6. The van der Waals surface area contributed by atoms with Gasteiger partial charge in [-0.15, -0.1) is 0 Å². The van der Waals surface area contributed by atoms with Crippen molar-refractivity contribution >= 4 is 28.5 Å². The third-order valence-corrected chi connectivity index (χ3v) is 6.14. The third-order valence-electron chi connectivity index (χ3n) is 5.18. The Bertz CT molecular complexity index is 989. The second kappa shape index (κ2) is 8.23. The molecule has 2 atom stereocenters. The van der Waals surface area contributed by atoms with Crippen molar-refractivity contribution in [2.24, 2.45) is 16.6 Å². The van der Waals surface area contributed by atoms with Crippen LogP contribution in [0.15, 0.2) is 35.6 Å². The molecule has 3 N–H and O–H groups in total. The maximum absolute atomic E-state index is 14.9. The minimum atomic E-state index is -2.78. The minimum absolute atomic E-state index is 0.0586. The van der Waals surface area contributed by atoms with Crippen molar-refractivity contribution in [1.29, 1.82) is 0 Å². The first-order valence-corrected chi connectivity index (χ1v) is 10.1. The van der Waals surface area contributed by atoms with E-state index in [-0.39, 0.29) is 11.6 Å². The van der Waals surface area contributed by atoms with Crippen molar-refractivity contribution in [2.75, 3.05) is 24.3 Å². The van der Waals surface area contributed by atoms with Gasteiger partial charge in [-0.3, -0.25) is 14.8 Å². The van der Waals surface area contributed by atoms with Gasteiger partial charge in [0.05, 0.1) is 24.5 Å². The van der Waals surface area contributed by atoms with E-state index in [4.69, 9.17) is 10.5 Å². The summed E-state index contributed by atoms with van der Waals surface area (Å²) in [6.07, 6.45) is -0.494. The first-order valence-electron chi connectivity index (χ1n) is 9.16. The van der Waals surface area contributed by atoms with E-state index in [1.54, 1.807) is 0 Å². The van der Waals surface area contributed by atoms with E-state index in [0.29, 0.717) is 41.8 Å². The average Bonchev–Trinajstić information content (AvgIpc) is 2.74. The fraction of sp³-hybridized carbons (Fsp3) is 0.368. The summed E-state index contributed by atoms with van der Waals surface area (Å²) in [6, 6.07) is 4.19. The predicted octanol–water partition coefficient (Wildman–Crippen LogP) is 3.10. The van der Waals surface area contributed by atoms with Crippen LogP contribution in [0, 0.1) is 11.7 Å². The van der Waals surface area contributed by atoms with E-state index in [2.05, 4.69) is 20.3 Å². The minimum Gasteiger partial charge on any atom is -0.381 e. The molecule has 0 spiro atoms. The zero-order valence-electron chi connectivity index (χ0n) is 15.6. The molecule has 7 nitrogen and oxygen atoms in total. The molecule has 0 unspecified atom stereocenters. The Morgan fingerprint density at radius 2 is 2.17 bits per heavy atom. The molecule has 1 amide bonds. The molecule has 158 valence electrons. The van der Waals surface area contributed by atoms with Gasteiger partial charge in [0, 0.05) is 35.9 Å². The van der Waals surface area contributed by atoms with Crippen LogP contribution in [0.25, 0.3) is 0 Å². The number of ether oxygens (including phenoxy) is 1. The molecule has 2 aromatic rings. The number of hydrogen-bond donors (Lipinski definition) is 2. The van der Waals surface area contributed by atoms with E-state index >= 15 is 0 Å². The van der Waals surface area contributed by atoms with Gasteiger partial charge >= 0.3 is 0 Å². The Morgan fingerprint density at radius 3 is 2.90 bits per heavy atom. The number of nitrogens with two attached hydrogens (primary N) is 1. The summed E-state index contributed by atoms with van der Waals surface area (Å²) in [7, 11) is 0. The zero-order chi connectivity index (χ0) is 21.3. The molecule has 11 heteroatoms. The molecule has 3 heterocycles. The molecule has 4 rings (SSSR count). The van der Waals surface area contributed by atoms with Crippen LogP contribution in [0.4, 0.5) is 18.9 Å². The highest BCUT2D eigenvalue weighted by Crippen LogP contribution is 2.46. The molecule has 1 aromatic carbocycles. The number of benzene rings is 1. The number of amides is 1. The van der Waals surface area contributed by atoms with Crippen molar-refractivity contribution in [2.45, 2.75) is 18.4 Å². The Hall–Kier alpha value is -2.66. The number of carbonyl (C=O) groups excluding carboxylic acids is 1. The molecular weight excluding hydrogens is 419 g/mol. The molecule has 0 saturated carbocycles. The molecule has 1 aromatic heterocycles. The summed E-state index contributed by atoms with van der Waals surface area (Å²) in [6.45, 7) is 0.853. The summed E-state index contributed by atoms with van der Waals surface area (Å²) in [5, 5.41) is 2.99. The number of nitrogens with zero attached hydrogens (tertiary/aromatic N) is 3. The summed E-state index contributed by atoms with van der Waals surface area (Å²) in [5.41, 5.74) is 5.08. The number of carbonyl (C=O) groups is 1. The Balaban J connectivity index is 1.63. The number of nitrogens with one attached hydrogen (secondary N) is 1. The van der Waals surface area contributed by atoms with Crippen molar-refractivity contribution in [1.82, 2.24) is 9.97 Å². The van der Waals surface area contributed by atoms with Crippen molar-refractivity contribution in [3.8, 4) is 0 Å². The van der Waals surface area contributed by atoms with Crippen LogP contribution in [-0.4, -0.2) is 40.0 Å². The van der Waals surface area contributed by atoms with Gasteiger partial charge in [-0.2, -0.15) is 0 Å². The van der Waals surface area contributed by atoms with E-state index in [1.165, 1.54) is 30.0 Å². The maximum Gasteiger partial charge on any atom is 0.281 e. The molecule has 1 fully saturated rings. The van der Waals surface area contributed by atoms with Crippen LogP contribution in [0.5, 0.6) is 0 Å². The van der Waals surface area contributed by atoms with Crippen LogP contribution in [0.2, 0.25) is 0 Å². The van der Waals surface area contributed by atoms with Gasteiger partial charge in [0.1, 0.15) is 17.2 Å². The lowest BCUT2D eigenvalue weighted by atomic mass is 9.75. The number of hydrogen-bond acceptors (Lipinski definition) is 7. The van der Waals surface area contributed by atoms with Crippen LogP contribution < -0.4 is 11.1 Å². The molecule has 0 bridgehead atoms. The third kappa shape index (κ3) is 3.86. The second-order valence-corrected chi connectivity index (χ2v) is 8.02. The smallest absolute Gasteiger partial charge is 0.281 e. The van der Waals surface area contributed by atoms with Gasteiger partial charge in [-0.1, -0.05) is 11.8 Å². The highest BCUT2D eigenvalue weighted by Gasteiger charge is 2.47. The lowest BCUT2D eigenvalue weighted by Gasteiger charge is -2.44. The van der Waals surface area contributed by atoms with Gasteiger partial charge in [-0.25, -0.2) is 18.2 Å². The normalized spacial score (nSPS) is 23.6. The lowest BCUT2D eigenvalue weighted by Crippen LogP contribution is -2.47. The number of aliphatic imine (C=N–C) groups is 1. The number of fused-ring (bicyclic) bond motifs is 1. The predicted molar refractivity (Wildman–Crippen MR) is 106 cm³/mol. The van der Waals surface area contributed by atoms with Crippen molar-refractivity contribution in [3.63, 3.8) is 0 Å². The SMILES string of the molecule is NC1=N[C@]2(c3cc(NC(=O)c4cnc(C(F)F)cn4)ccc3F)CCOC[C@H]2CS1. The van der Waals surface area contributed by atoms with Crippen LogP contribution in [0.3, 0.4) is 0 Å². The van der Waals surface area contributed by atoms with Crippen LogP contribution in [-0.2, 0) is 10.3 Å². The molecule has 2 aliphatic rings. The van der Waals surface area contributed by atoms with Crippen molar-refractivity contribution < 1.29 is 22.7 Å². The van der Waals surface area contributed by atoms with Gasteiger partial charge in [0.25, 0.3) is 12.3 Å². The highest BCUT2D eigenvalue weighted by molar-refractivity contribution is 8.13. The second-order valence-electron chi connectivity index (χ2n) is 6.98. The summed E-state index contributed by atoms with van der Waals surface area (Å²) in [5.74, 6) is -0.512. The molecule has 0 radical (unpaired) electrons.